The molecule has 0 aromatic rings. The molecule has 0 spiro atoms. The molecule has 0 aliphatic rings. The second kappa shape index (κ2) is 8.14. The molecule has 1 amide bonds. The van der Waals surface area contributed by atoms with Crippen LogP contribution < -0.4 is 11.1 Å². The maximum atomic E-state index is 11.4. The number of carbonyl (C=O) groups excluding carboxylic acids is 2. The van der Waals surface area contributed by atoms with Crippen molar-refractivity contribution in [2.24, 2.45) is 5.73 Å². The number of ether oxygens (including phenoxy) is 2. The highest BCUT2D eigenvalue weighted by atomic mass is 35.5. The van der Waals surface area contributed by atoms with Crippen LogP contribution in [0.3, 0.4) is 0 Å². The third-order valence-electron chi connectivity index (χ3n) is 1.63. The number of halogens is 1. The molecule has 0 unspecified atom stereocenters. The Morgan fingerprint density at radius 3 is 2.24 bits per heavy atom. The van der Waals surface area contributed by atoms with Gasteiger partial charge in [0.05, 0.1) is 7.11 Å². The summed E-state index contributed by atoms with van der Waals surface area (Å²) in [6, 6.07) is -0.759. The van der Waals surface area contributed by atoms with Crippen LogP contribution in [0.25, 0.3) is 0 Å². The Kier molecular flexibility index (Phi) is 8.79. The lowest BCUT2D eigenvalue weighted by molar-refractivity contribution is -0.143. The fraction of sp³-hybridized carbons (Fsp3) is 0.800. The van der Waals surface area contributed by atoms with E-state index in [0.29, 0.717) is 6.42 Å². The topological polar surface area (TPSA) is 90.6 Å². The number of nitrogens with two attached hydrogens (primary N) is 1. The van der Waals surface area contributed by atoms with Gasteiger partial charge in [0.2, 0.25) is 0 Å². The largest absolute Gasteiger partial charge is 0.467 e. The molecule has 0 aromatic heterocycles. The highest BCUT2D eigenvalue weighted by molar-refractivity contribution is 5.85. The first-order valence-electron chi connectivity index (χ1n) is 5.07. The van der Waals surface area contributed by atoms with Gasteiger partial charge in [-0.1, -0.05) is 0 Å². The van der Waals surface area contributed by atoms with Gasteiger partial charge in [0.1, 0.15) is 11.6 Å². The first-order valence-corrected chi connectivity index (χ1v) is 5.07. The zero-order valence-electron chi connectivity index (χ0n) is 10.6. The summed E-state index contributed by atoms with van der Waals surface area (Å²) in [4.78, 5) is 22.6. The molecule has 0 aliphatic heterocycles. The molecule has 0 saturated heterocycles. The summed E-state index contributed by atoms with van der Waals surface area (Å²) in [6.45, 7) is 5.49. The Balaban J connectivity index is 0. The van der Waals surface area contributed by atoms with Gasteiger partial charge in [-0.2, -0.15) is 0 Å². The molecule has 0 bridgehead atoms. The smallest absolute Gasteiger partial charge is 0.408 e. The Labute approximate surface area is 108 Å². The summed E-state index contributed by atoms with van der Waals surface area (Å²) >= 11 is 0. The molecule has 0 heterocycles. The average molecular weight is 269 g/mol. The van der Waals surface area contributed by atoms with Gasteiger partial charge in [0, 0.05) is 0 Å². The standard InChI is InChI=1S/C10H20N2O4.ClH/c1-10(2,3)16-9(14)12-7(5-6-11)8(13)15-4;/h7H,5-6,11H2,1-4H3,(H,12,14);1H/t7-;/m0./s1. The Morgan fingerprint density at radius 1 is 1.35 bits per heavy atom. The number of amides is 1. The van der Waals surface area contributed by atoms with E-state index in [0.717, 1.165) is 0 Å². The number of nitrogens with one attached hydrogen (secondary N) is 1. The third kappa shape index (κ3) is 8.76. The van der Waals surface area contributed by atoms with Crippen molar-refractivity contribution in [3.63, 3.8) is 0 Å². The molecule has 0 aromatic carbocycles. The normalized spacial score (nSPS) is 12.1. The SMILES string of the molecule is COC(=O)[C@H](CCN)NC(=O)OC(C)(C)C.Cl. The zero-order chi connectivity index (χ0) is 12.8. The van der Waals surface area contributed by atoms with Gasteiger partial charge in [0.25, 0.3) is 0 Å². The molecule has 3 N–H and O–H groups in total. The van der Waals surface area contributed by atoms with Gasteiger partial charge in [-0.25, -0.2) is 9.59 Å². The van der Waals surface area contributed by atoms with Crippen LogP contribution in [-0.4, -0.2) is 37.4 Å². The molecule has 0 aliphatic carbocycles. The van der Waals surface area contributed by atoms with Gasteiger partial charge < -0.3 is 20.5 Å². The summed E-state index contributed by atoms with van der Waals surface area (Å²) in [6.07, 6.45) is -0.345. The van der Waals surface area contributed by atoms with Crippen molar-refractivity contribution in [3.05, 3.63) is 0 Å². The van der Waals surface area contributed by atoms with E-state index in [4.69, 9.17) is 10.5 Å². The predicted octanol–water partition coefficient (Wildman–Crippen LogP) is 0.823. The van der Waals surface area contributed by atoms with Crippen LogP contribution >= 0.6 is 12.4 Å². The summed E-state index contributed by atoms with van der Waals surface area (Å²) in [5.41, 5.74) is 4.72. The van der Waals surface area contributed by atoms with Crippen LogP contribution in [-0.2, 0) is 14.3 Å². The summed E-state index contributed by atoms with van der Waals surface area (Å²) in [5, 5.41) is 2.41. The van der Waals surface area contributed by atoms with E-state index in [1.807, 2.05) is 0 Å². The number of methoxy groups -OCH3 is 1. The summed E-state index contributed by atoms with van der Waals surface area (Å²) in [7, 11) is 1.25. The van der Waals surface area contributed by atoms with Crippen LogP contribution in [0.15, 0.2) is 0 Å². The second-order valence-electron chi connectivity index (χ2n) is 4.30. The van der Waals surface area contributed by atoms with Crippen LogP contribution in [0.4, 0.5) is 4.79 Å². The number of hydrogen-bond acceptors (Lipinski definition) is 5. The summed E-state index contributed by atoms with van der Waals surface area (Å²) in [5.74, 6) is -0.531. The number of hydrogen-bond donors (Lipinski definition) is 2. The second-order valence-corrected chi connectivity index (χ2v) is 4.30. The fourth-order valence-electron chi connectivity index (χ4n) is 1.01. The maximum Gasteiger partial charge on any atom is 0.408 e. The molecule has 0 saturated carbocycles. The average Bonchev–Trinajstić information content (AvgIpc) is 2.13. The molecule has 7 heteroatoms. The molecular formula is C10H21ClN2O4. The van der Waals surface area contributed by atoms with Crippen LogP contribution in [0.1, 0.15) is 27.2 Å². The highest BCUT2D eigenvalue weighted by Crippen LogP contribution is 2.07. The van der Waals surface area contributed by atoms with Crippen molar-refractivity contribution in [2.75, 3.05) is 13.7 Å². The minimum absolute atomic E-state index is 0. The number of carbonyl (C=O) groups is 2. The Bertz CT molecular complexity index is 253. The van der Waals surface area contributed by atoms with Gasteiger partial charge in [0.15, 0.2) is 0 Å². The quantitative estimate of drug-likeness (QED) is 0.737. The van der Waals surface area contributed by atoms with Gasteiger partial charge in [-0.05, 0) is 33.7 Å². The van der Waals surface area contributed by atoms with E-state index >= 15 is 0 Å². The molecular weight excluding hydrogens is 248 g/mol. The number of rotatable bonds is 4. The van der Waals surface area contributed by atoms with E-state index in [1.165, 1.54) is 7.11 Å². The van der Waals surface area contributed by atoms with Crippen molar-refractivity contribution in [1.29, 1.82) is 0 Å². The van der Waals surface area contributed by atoms with Crippen molar-refractivity contribution >= 4 is 24.5 Å². The van der Waals surface area contributed by atoms with Crippen LogP contribution in [0.5, 0.6) is 0 Å². The lowest BCUT2D eigenvalue weighted by Crippen LogP contribution is -2.44. The number of esters is 1. The third-order valence-corrected chi connectivity index (χ3v) is 1.63. The minimum Gasteiger partial charge on any atom is -0.467 e. The van der Waals surface area contributed by atoms with E-state index < -0.39 is 23.7 Å². The van der Waals surface area contributed by atoms with Crippen molar-refractivity contribution < 1.29 is 19.1 Å². The molecule has 6 nitrogen and oxygen atoms in total. The molecule has 102 valence electrons. The number of alkyl carbamates (subject to hydrolysis) is 1. The molecule has 0 radical (unpaired) electrons. The van der Waals surface area contributed by atoms with E-state index in [9.17, 15) is 9.59 Å². The minimum atomic E-state index is -0.759. The van der Waals surface area contributed by atoms with E-state index in [1.54, 1.807) is 20.8 Å². The first kappa shape index (κ1) is 18.4. The van der Waals surface area contributed by atoms with E-state index in [2.05, 4.69) is 10.1 Å². The maximum absolute atomic E-state index is 11.4. The Morgan fingerprint density at radius 2 is 1.88 bits per heavy atom. The molecule has 0 rings (SSSR count). The highest BCUT2D eigenvalue weighted by Gasteiger charge is 2.24. The van der Waals surface area contributed by atoms with Gasteiger partial charge in [-0.3, -0.25) is 0 Å². The first-order chi connectivity index (χ1) is 7.30. The molecule has 1 atom stereocenters. The van der Waals surface area contributed by atoms with Crippen molar-refractivity contribution in [3.8, 4) is 0 Å². The fourth-order valence-corrected chi connectivity index (χ4v) is 1.01. The lowest BCUT2D eigenvalue weighted by atomic mass is 10.2. The van der Waals surface area contributed by atoms with Gasteiger partial charge >= 0.3 is 12.1 Å². The molecule has 17 heavy (non-hydrogen) atoms. The summed E-state index contributed by atoms with van der Waals surface area (Å²) < 4.78 is 9.54. The van der Waals surface area contributed by atoms with Crippen molar-refractivity contribution in [2.45, 2.75) is 38.8 Å². The zero-order valence-corrected chi connectivity index (χ0v) is 11.4. The Hall–Kier alpha value is -1.01. The molecule has 0 fully saturated rings. The predicted molar refractivity (Wildman–Crippen MR) is 66.1 cm³/mol. The van der Waals surface area contributed by atoms with E-state index in [-0.39, 0.29) is 19.0 Å². The van der Waals surface area contributed by atoms with Crippen LogP contribution in [0, 0.1) is 0 Å². The van der Waals surface area contributed by atoms with Gasteiger partial charge in [-0.15, -0.1) is 12.4 Å². The lowest BCUT2D eigenvalue weighted by Gasteiger charge is -2.22. The van der Waals surface area contributed by atoms with Crippen molar-refractivity contribution in [1.82, 2.24) is 5.32 Å². The monoisotopic (exact) mass is 268 g/mol. The van der Waals surface area contributed by atoms with Crippen LogP contribution in [0.2, 0.25) is 0 Å².